The van der Waals surface area contributed by atoms with Crippen LogP contribution in [0.4, 0.5) is 0 Å². The van der Waals surface area contributed by atoms with E-state index in [0.717, 1.165) is 32.4 Å². The topological polar surface area (TPSA) is 359 Å². The molecular formula is C34H38N16O9S4. The van der Waals surface area contributed by atoms with E-state index in [1.165, 1.54) is 69.5 Å². The van der Waals surface area contributed by atoms with E-state index in [-0.39, 0.29) is 18.7 Å². The van der Waals surface area contributed by atoms with Crippen LogP contribution in [0.25, 0.3) is 52.5 Å². The van der Waals surface area contributed by atoms with Gasteiger partial charge in [0.25, 0.3) is 5.56 Å². The van der Waals surface area contributed by atoms with Crippen molar-refractivity contribution in [3.05, 3.63) is 92.9 Å². The highest BCUT2D eigenvalue weighted by Gasteiger charge is 2.29. The van der Waals surface area contributed by atoms with Crippen LogP contribution in [0.3, 0.4) is 0 Å². The number of esters is 3. The van der Waals surface area contributed by atoms with Gasteiger partial charge in [0.05, 0.1) is 73.4 Å². The maximum Gasteiger partial charge on any atom is 0.355 e. The molecule has 29 heteroatoms. The number of carbonyl (C=O) groups is 4. The van der Waals surface area contributed by atoms with Crippen LogP contribution < -0.4 is 11.4 Å². The summed E-state index contributed by atoms with van der Waals surface area (Å²) in [5, 5.41) is 26.6. The Balaban J connectivity index is 0.000000216. The molecule has 0 spiro atoms. The second-order valence-electron chi connectivity index (χ2n) is 11.3. The van der Waals surface area contributed by atoms with Gasteiger partial charge in [-0.25, -0.2) is 19.9 Å². The van der Waals surface area contributed by atoms with Gasteiger partial charge in [-0.3, -0.25) is 29.1 Å². The van der Waals surface area contributed by atoms with Crippen molar-refractivity contribution >= 4 is 107 Å². The van der Waals surface area contributed by atoms with Crippen LogP contribution in [0.1, 0.15) is 57.5 Å². The second-order valence-corrected chi connectivity index (χ2v) is 14.9. The molecule has 2 atom stereocenters. The number of aldehydes is 1. The molecule has 0 aliphatic rings. The Bertz CT molecular complexity index is 2750. The molecule has 7 aromatic rings. The number of aromatic nitrogens is 8. The number of fused-ring (bicyclic) bond motifs is 4. The minimum atomic E-state index is -1.27. The molecule has 332 valence electrons. The molecule has 0 aromatic carbocycles. The number of hydrazone groups is 1. The highest BCUT2D eigenvalue weighted by molar-refractivity contribution is 7.18. The van der Waals surface area contributed by atoms with E-state index in [1.807, 2.05) is 7.05 Å². The molecule has 2 unspecified atom stereocenters. The Morgan fingerprint density at radius 3 is 2.11 bits per heavy atom. The van der Waals surface area contributed by atoms with E-state index >= 15 is 0 Å². The second kappa shape index (κ2) is 26.3. The Morgan fingerprint density at radius 1 is 0.905 bits per heavy atom. The molecule has 0 fully saturated rings. The first-order chi connectivity index (χ1) is 30.4. The van der Waals surface area contributed by atoms with Crippen molar-refractivity contribution in [2.75, 3.05) is 26.4 Å². The number of ether oxygens (including phenoxy) is 3. The zero-order chi connectivity index (χ0) is 46.3. The maximum absolute atomic E-state index is 11.9. The molecule has 7 aromatic heterocycles. The van der Waals surface area contributed by atoms with Crippen molar-refractivity contribution in [1.29, 1.82) is 0 Å². The molecule has 25 nitrogen and oxygen atoms in total. The number of nitrogens with one attached hydrogen (secondary N) is 1. The lowest BCUT2D eigenvalue weighted by Crippen LogP contribution is -2.27. The first kappa shape index (κ1) is 50.2. The van der Waals surface area contributed by atoms with Crippen molar-refractivity contribution in [3.8, 4) is 0 Å². The number of nitrogens with two attached hydrogens (primary N) is 1. The van der Waals surface area contributed by atoms with Crippen molar-refractivity contribution in [1.82, 2.24) is 39.3 Å². The number of hydrogen-bond donors (Lipinski definition) is 3. The molecule has 0 radical (unpaired) electrons. The van der Waals surface area contributed by atoms with E-state index in [1.54, 1.807) is 59.7 Å². The molecule has 0 aliphatic carbocycles. The minimum absolute atomic E-state index is 0.158. The average Bonchev–Trinajstić information content (AvgIpc) is 4.14. The first-order valence-electron chi connectivity index (χ1n) is 17.8. The summed E-state index contributed by atoms with van der Waals surface area (Å²) in [6.07, 6.45) is 5.64. The van der Waals surface area contributed by atoms with E-state index in [2.05, 4.69) is 60.0 Å². The van der Waals surface area contributed by atoms with Crippen LogP contribution in [-0.2, 0) is 37.9 Å². The number of hydrogen-bond acceptors (Lipinski definition) is 22. The number of azide groups is 2. The maximum atomic E-state index is 11.9. The Kier molecular flexibility index (Phi) is 20.9. The highest BCUT2D eigenvalue weighted by atomic mass is 32.1. The van der Waals surface area contributed by atoms with Gasteiger partial charge in [-0.1, -0.05) is 10.2 Å². The number of rotatable bonds is 12. The summed E-state index contributed by atoms with van der Waals surface area (Å²) in [5.41, 5.74) is 25.8. The standard InChI is InChI=1S/C10H12N4O2S.C8H10N4O3S.C8H6N4OS.C4H7N3O2.C4H3NOS/c1-3-16-10(15)7-6(4-13-11)8-9(14(7)2)12-5-17-8;1-2-15-8(14)6(11-12-9)7(13)5-3-10-4-16-5;1-12-5-4(2-10-11-8(5)13)6-7(12)9-3-14-6;1-2-9-4(8)3-6-7-5;6-2-4-1-5-3-7-4/h4-5H,3,11H2,1-2H3;3-4,6-7,13H,2H2,1H3;2-3H,1H3,(H,11,13);2-3H2,1H3;1-3H/b13-4+;;;;. The van der Waals surface area contributed by atoms with Crippen molar-refractivity contribution in [2.45, 2.75) is 32.9 Å². The largest absolute Gasteiger partial charge is 0.466 e. The summed E-state index contributed by atoms with van der Waals surface area (Å²) < 4.78 is 19.5. The third kappa shape index (κ3) is 13.7. The molecule has 0 saturated carbocycles. The Hall–Kier alpha value is -7.13. The summed E-state index contributed by atoms with van der Waals surface area (Å²) in [7, 11) is 3.60. The molecular weight excluding hydrogens is 905 g/mol. The van der Waals surface area contributed by atoms with E-state index in [4.69, 9.17) is 26.4 Å². The average molecular weight is 943 g/mol. The smallest absolute Gasteiger partial charge is 0.355 e. The van der Waals surface area contributed by atoms with E-state index in [0.29, 0.717) is 39.7 Å². The molecule has 7 rings (SSSR count). The van der Waals surface area contributed by atoms with Gasteiger partial charge in [-0.05, 0) is 31.8 Å². The van der Waals surface area contributed by atoms with E-state index < -0.39 is 30.1 Å². The summed E-state index contributed by atoms with van der Waals surface area (Å²) >= 11 is 5.47. The van der Waals surface area contributed by atoms with Crippen molar-refractivity contribution in [2.24, 2.45) is 35.3 Å². The number of aromatic amines is 1. The van der Waals surface area contributed by atoms with Crippen LogP contribution in [0, 0.1) is 0 Å². The van der Waals surface area contributed by atoms with Gasteiger partial charge >= 0.3 is 17.9 Å². The fraction of sp³-hybridized carbons (Fsp3) is 0.324. The minimum Gasteiger partial charge on any atom is -0.466 e. The third-order valence-corrected chi connectivity index (χ3v) is 10.8. The van der Waals surface area contributed by atoms with Gasteiger partial charge in [0, 0.05) is 47.3 Å². The van der Waals surface area contributed by atoms with Crippen molar-refractivity contribution < 1.29 is 38.5 Å². The molecule has 0 saturated heterocycles. The molecule has 4 N–H and O–H groups in total. The molecule has 63 heavy (non-hydrogen) atoms. The predicted octanol–water partition coefficient (Wildman–Crippen LogP) is 5.21. The number of nitrogens with zero attached hydrogens (tertiary/aromatic N) is 14. The van der Waals surface area contributed by atoms with Crippen LogP contribution in [0.2, 0.25) is 0 Å². The monoisotopic (exact) mass is 942 g/mol. The van der Waals surface area contributed by atoms with Gasteiger partial charge in [0.15, 0.2) is 23.6 Å². The van der Waals surface area contributed by atoms with Gasteiger partial charge in [0.2, 0.25) is 0 Å². The third-order valence-electron chi connectivity index (χ3n) is 7.53. The number of aliphatic hydroxyl groups excluding tert-OH is 1. The number of thiazole rings is 4. The van der Waals surface area contributed by atoms with Gasteiger partial charge < -0.3 is 34.3 Å². The normalized spacial score (nSPS) is 11.1. The Morgan fingerprint density at radius 2 is 1.56 bits per heavy atom. The lowest BCUT2D eigenvalue weighted by molar-refractivity contribution is -0.147. The quantitative estimate of drug-likeness (QED) is 0.0163. The van der Waals surface area contributed by atoms with Gasteiger partial charge in [0.1, 0.15) is 23.9 Å². The fourth-order valence-corrected chi connectivity index (χ4v) is 7.70. The summed E-state index contributed by atoms with van der Waals surface area (Å²) in [6, 6.07) is -1.27. The summed E-state index contributed by atoms with van der Waals surface area (Å²) in [4.78, 5) is 76.8. The van der Waals surface area contributed by atoms with Crippen molar-refractivity contribution in [3.63, 3.8) is 0 Å². The molecule has 0 aliphatic heterocycles. The van der Waals surface area contributed by atoms with E-state index in [9.17, 15) is 29.1 Å². The number of carbonyl (C=O) groups excluding carboxylic acids is 4. The first-order valence-corrected chi connectivity index (χ1v) is 21.3. The van der Waals surface area contributed by atoms with Crippen LogP contribution in [0.5, 0.6) is 0 Å². The highest BCUT2D eigenvalue weighted by Crippen LogP contribution is 2.28. The lowest BCUT2D eigenvalue weighted by Gasteiger charge is -2.14. The predicted molar refractivity (Wildman–Crippen MR) is 236 cm³/mol. The number of aliphatic hydroxyl groups is 1. The SMILES string of the molecule is CCOC(=O)C(N=[N+]=[N-])C(O)c1cncs1.CCOC(=O)CN=[N+]=[N-].CCOC(=O)c1c(/C=N/N)c2scnc2n1C.Cn1c2ncsc2c2cn[nH]c(=O)c21.O=Cc1cncs1. The lowest BCUT2D eigenvalue weighted by atomic mass is 10.1. The van der Waals surface area contributed by atoms with Crippen LogP contribution in [0.15, 0.2) is 60.8 Å². The zero-order valence-corrected chi connectivity index (χ0v) is 37.1. The molecule has 0 bridgehead atoms. The molecule has 0 amide bonds. The Labute approximate surface area is 371 Å². The number of aryl methyl sites for hydroxylation is 2. The van der Waals surface area contributed by atoms with Crippen LogP contribution >= 0.6 is 45.3 Å². The molecule has 7 heterocycles. The van der Waals surface area contributed by atoms with Gasteiger partial charge in [-0.2, -0.15) is 10.2 Å². The van der Waals surface area contributed by atoms with Gasteiger partial charge in [-0.15, -0.1) is 45.3 Å². The summed E-state index contributed by atoms with van der Waals surface area (Å²) in [5.74, 6) is 3.53. The number of H-pyrrole nitrogens is 1. The fourth-order valence-electron chi connectivity index (χ4n) is 4.99. The zero-order valence-electron chi connectivity index (χ0n) is 33.9. The van der Waals surface area contributed by atoms with Crippen LogP contribution in [-0.4, -0.2) is 107 Å². The summed E-state index contributed by atoms with van der Waals surface area (Å²) in [6.45, 7) is 5.66.